The van der Waals surface area contributed by atoms with Crippen molar-refractivity contribution in [3.05, 3.63) is 10.4 Å². The monoisotopic (exact) mass is 145 g/mol. The van der Waals surface area contributed by atoms with E-state index in [1.807, 2.05) is 0 Å². The molecule has 0 saturated carbocycles. The zero-order valence-electron chi connectivity index (χ0n) is 5.35. The van der Waals surface area contributed by atoms with Gasteiger partial charge in [-0.05, 0) is 17.1 Å². The number of aliphatic carboxylic acids is 1. The molecule has 6 nitrogen and oxygen atoms in total. The van der Waals surface area contributed by atoms with Crippen LogP contribution in [0, 0.1) is 0 Å². The summed E-state index contributed by atoms with van der Waals surface area (Å²) in [5.74, 6) is -1.53. The minimum absolute atomic E-state index is 0.146. The van der Waals surface area contributed by atoms with Crippen LogP contribution in [0.2, 0.25) is 0 Å². The second-order valence-corrected chi connectivity index (χ2v) is 1.66. The lowest BCUT2D eigenvalue weighted by Crippen LogP contribution is -2.34. The number of nitrogens with zero attached hydrogens (tertiary/aromatic N) is 3. The molecule has 0 aromatic carbocycles. The Labute approximate surface area is 56.7 Å². The number of carboxylic acids is 1. The van der Waals surface area contributed by atoms with E-state index in [-0.39, 0.29) is 6.42 Å². The van der Waals surface area contributed by atoms with Crippen molar-refractivity contribution in [2.24, 2.45) is 5.11 Å². The highest BCUT2D eigenvalue weighted by Gasteiger charge is 2.32. The van der Waals surface area contributed by atoms with Crippen molar-refractivity contribution in [2.75, 3.05) is 0 Å². The fourth-order valence-corrected chi connectivity index (χ4v) is 0.339. The lowest BCUT2D eigenvalue weighted by molar-refractivity contribution is -0.158. The normalized spacial score (nSPS) is 15.0. The van der Waals surface area contributed by atoms with E-state index in [2.05, 4.69) is 10.0 Å². The van der Waals surface area contributed by atoms with Crippen LogP contribution in [0.15, 0.2) is 5.11 Å². The standard InChI is InChI=1S/C4H7N3O3/c1-2-4(10,3(8)9)6-7-5/h10H,2H2,1H3,(H,8,9). The maximum Gasteiger partial charge on any atom is 0.341 e. The number of hydrogen-bond acceptors (Lipinski definition) is 3. The van der Waals surface area contributed by atoms with Gasteiger partial charge in [0.1, 0.15) is 0 Å². The second kappa shape index (κ2) is 3.05. The van der Waals surface area contributed by atoms with Gasteiger partial charge in [-0.3, -0.25) is 0 Å². The third-order valence-electron chi connectivity index (χ3n) is 1.05. The fourth-order valence-electron chi connectivity index (χ4n) is 0.339. The van der Waals surface area contributed by atoms with Crippen LogP contribution in [-0.4, -0.2) is 21.9 Å². The highest BCUT2D eigenvalue weighted by atomic mass is 16.4. The average Bonchev–Trinajstić information content (AvgIpc) is 1.88. The van der Waals surface area contributed by atoms with Crippen LogP contribution in [0.1, 0.15) is 13.3 Å². The van der Waals surface area contributed by atoms with Crippen molar-refractivity contribution in [1.29, 1.82) is 0 Å². The number of carboxylic acid groups (broad SMARTS) is 1. The summed E-state index contributed by atoms with van der Waals surface area (Å²) >= 11 is 0. The van der Waals surface area contributed by atoms with E-state index in [4.69, 9.17) is 15.7 Å². The van der Waals surface area contributed by atoms with Gasteiger partial charge in [-0.1, -0.05) is 6.92 Å². The summed E-state index contributed by atoms with van der Waals surface area (Å²) in [7, 11) is 0. The maximum absolute atomic E-state index is 10.1. The zero-order valence-corrected chi connectivity index (χ0v) is 5.35. The van der Waals surface area contributed by atoms with E-state index in [1.165, 1.54) is 6.92 Å². The molecule has 0 rings (SSSR count). The molecule has 0 heterocycles. The highest BCUT2D eigenvalue weighted by molar-refractivity contribution is 5.76. The highest BCUT2D eigenvalue weighted by Crippen LogP contribution is 2.11. The molecule has 1 atom stereocenters. The average molecular weight is 145 g/mol. The first kappa shape index (κ1) is 8.74. The maximum atomic E-state index is 10.1. The van der Waals surface area contributed by atoms with Gasteiger partial charge in [0.05, 0.1) is 0 Å². The minimum Gasteiger partial charge on any atom is -0.479 e. The Balaban J connectivity index is 4.54. The van der Waals surface area contributed by atoms with Crippen molar-refractivity contribution in [3.8, 4) is 0 Å². The molecule has 2 N–H and O–H groups in total. The summed E-state index contributed by atoms with van der Waals surface area (Å²) in [6.45, 7) is 1.41. The van der Waals surface area contributed by atoms with E-state index >= 15 is 0 Å². The second-order valence-electron chi connectivity index (χ2n) is 1.66. The predicted octanol–water partition coefficient (Wildman–Crippen LogP) is 0.480. The third-order valence-corrected chi connectivity index (χ3v) is 1.05. The topological polar surface area (TPSA) is 106 Å². The molecule has 0 aromatic heterocycles. The number of aliphatic hydroxyl groups is 1. The Morgan fingerprint density at radius 1 is 1.90 bits per heavy atom. The molecule has 0 aromatic rings. The zero-order chi connectivity index (χ0) is 8.20. The van der Waals surface area contributed by atoms with E-state index in [0.29, 0.717) is 0 Å². The molecule has 0 aliphatic carbocycles. The molecular formula is C4H7N3O3. The summed E-state index contributed by atoms with van der Waals surface area (Å²) in [4.78, 5) is 12.3. The first-order valence-corrected chi connectivity index (χ1v) is 2.59. The molecule has 1 unspecified atom stereocenters. The molecule has 0 spiro atoms. The summed E-state index contributed by atoms with van der Waals surface area (Å²) < 4.78 is 0. The summed E-state index contributed by atoms with van der Waals surface area (Å²) in [5, 5.41) is 19.8. The van der Waals surface area contributed by atoms with Gasteiger partial charge < -0.3 is 10.2 Å². The van der Waals surface area contributed by atoms with Crippen molar-refractivity contribution in [2.45, 2.75) is 19.1 Å². The summed E-state index contributed by atoms with van der Waals surface area (Å²) in [6.07, 6.45) is -0.146. The van der Waals surface area contributed by atoms with Gasteiger partial charge in [0.15, 0.2) is 0 Å². The molecule has 0 amide bonds. The van der Waals surface area contributed by atoms with Crippen LogP contribution >= 0.6 is 0 Å². The van der Waals surface area contributed by atoms with E-state index in [9.17, 15) is 4.79 Å². The van der Waals surface area contributed by atoms with E-state index in [1.54, 1.807) is 0 Å². The largest absolute Gasteiger partial charge is 0.479 e. The smallest absolute Gasteiger partial charge is 0.341 e. The number of hydrogen-bond donors (Lipinski definition) is 2. The van der Waals surface area contributed by atoms with Gasteiger partial charge in [0.25, 0.3) is 0 Å². The van der Waals surface area contributed by atoms with Gasteiger partial charge in [-0.25, -0.2) is 4.79 Å². The Hall–Kier alpha value is -1.26. The Morgan fingerprint density at radius 3 is 2.50 bits per heavy atom. The fraction of sp³-hybridized carbons (Fsp3) is 0.750. The minimum atomic E-state index is -2.28. The molecular weight excluding hydrogens is 138 g/mol. The van der Waals surface area contributed by atoms with Crippen LogP contribution in [0.25, 0.3) is 10.4 Å². The molecule has 10 heavy (non-hydrogen) atoms. The summed E-state index contributed by atoms with van der Waals surface area (Å²) in [5.41, 5.74) is 5.53. The van der Waals surface area contributed by atoms with Crippen LogP contribution in [0.4, 0.5) is 0 Å². The van der Waals surface area contributed by atoms with Gasteiger partial charge in [-0.15, -0.1) is 0 Å². The van der Waals surface area contributed by atoms with Crippen molar-refractivity contribution in [1.82, 2.24) is 0 Å². The van der Waals surface area contributed by atoms with Gasteiger partial charge >= 0.3 is 5.97 Å². The third kappa shape index (κ3) is 1.61. The molecule has 0 saturated heterocycles. The van der Waals surface area contributed by atoms with Crippen LogP contribution < -0.4 is 0 Å². The molecule has 0 aliphatic rings. The molecule has 6 heteroatoms. The van der Waals surface area contributed by atoms with Gasteiger partial charge in [0.2, 0.25) is 5.72 Å². The Bertz CT molecular complexity index is 182. The van der Waals surface area contributed by atoms with E-state index in [0.717, 1.165) is 0 Å². The van der Waals surface area contributed by atoms with Crippen LogP contribution in [-0.2, 0) is 4.79 Å². The number of carbonyl (C=O) groups is 1. The first-order chi connectivity index (χ1) is 4.56. The van der Waals surface area contributed by atoms with Gasteiger partial charge in [-0.2, -0.15) is 0 Å². The molecule has 0 aliphatic heterocycles. The number of rotatable bonds is 3. The van der Waals surface area contributed by atoms with Crippen molar-refractivity contribution in [3.63, 3.8) is 0 Å². The van der Waals surface area contributed by atoms with Crippen LogP contribution in [0.5, 0.6) is 0 Å². The molecule has 0 fully saturated rings. The lowest BCUT2D eigenvalue weighted by atomic mass is 10.2. The molecule has 0 bridgehead atoms. The first-order valence-electron chi connectivity index (χ1n) is 2.59. The summed E-state index contributed by atoms with van der Waals surface area (Å²) in [6, 6.07) is 0. The predicted molar refractivity (Wildman–Crippen MR) is 32.0 cm³/mol. The van der Waals surface area contributed by atoms with Crippen molar-refractivity contribution >= 4 is 5.97 Å². The van der Waals surface area contributed by atoms with E-state index < -0.39 is 11.7 Å². The Morgan fingerprint density at radius 2 is 2.40 bits per heavy atom. The van der Waals surface area contributed by atoms with Crippen LogP contribution in [0.3, 0.4) is 0 Å². The quantitative estimate of drug-likeness (QED) is 0.342. The van der Waals surface area contributed by atoms with Gasteiger partial charge in [0, 0.05) is 4.91 Å². The Kier molecular flexibility index (Phi) is 2.66. The molecule has 0 radical (unpaired) electrons. The molecule has 56 valence electrons. The SMILES string of the molecule is CCC(O)(N=[N+]=[N-])C(=O)O. The lowest BCUT2D eigenvalue weighted by Gasteiger charge is -2.12. The van der Waals surface area contributed by atoms with Crippen molar-refractivity contribution < 1.29 is 15.0 Å². The number of azide groups is 1.